The topological polar surface area (TPSA) is 46.3 Å². The fraction of sp³-hybridized carbons (Fsp3) is 0.450. The second kappa shape index (κ2) is 5.83. The third-order valence-corrected chi connectivity index (χ3v) is 5.01. The minimum atomic E-state index is -0.0918. The predicted molar refractivity (Wildman–Crippen MR) is 100.0 cm³/mol. The van der Waals surface area contributed by atoms with Crippen LogP contribution in [0.25, 0.3) is 5.65 Å². The third kappa shape index (κ3) is 2.77. The second-order valence-corrected chi connectivity index (χ2v) is 7.94. The number of aryl methyl sites for hydroxylation is 1. The summed E-state index contributed by atoms with van der Waals surface area (Å²) >= 11 is 0. The molecule has 0 amide bonds. The molecule has 4 rings (SSSR count). The monoisotopic (exact) mass is 335 g/mol. The molecule has 1 saturated heterocycles. The number of rotatable bonds is 2. The zero-order valence-corrected chi connectivity index (χ0v) is 15.4. The summed E-state index contributed by atoms with van der Waals surface area (Å²) in [5, 5.41) is 13.5. The van der Waals surface area contributed by atoms with Crippen molar-refractivity contribution < 1.29 is 0 Å². The lowest BCUT2D eigenvalue weighted by Gasteiger charge is -2.27. The molecule has 25 heavy (non-hydrogen) atoms. The molecular weight excluding hydrogens is 310 g/mol. The van der Waals surface area contributed by atoms with Gasteiger partial charge in [-0.25, -0.2) is 0 Å². The van der Waals surface area contributed by atoms with Crippen molar-refractivity contribution in [2.75, 3.05) is 11.4 Å². The Morgan fingerprint density at radius 1 is 1.04 bits per heavy atom. The van der Waals surface area contributed by atoms with Crippen molar-refractivity contribution in [3.05, 3.63) is 53.3 Å². The van der Waals surface area contributed by atoms with Crippen LogP contribution in [-0.2, 0) is 5.41 Å². The molecule has 3 heterocycles. The molecule has 1 aliphatic heterocycles. The molecule has 130 valence electrons. The molecule has 0 aliphatic carbocycles. The molecule has 5 heteroatoms. The quantitative estimate of drug-likeness (QED) is 0.708. The minimum absolute atomic E-state index is 0.0918. The van der Waals surface area contributed by atoms with Gasteiger partial charge in [0.2, 0.25) is 0 Å². The molecule has 1 aromatic carbocycles. The molecule has 0 spiro atoms. The van der Waals surface area contributed by atoms with Crippen LogP contribution in [0.2, 0.25) is 0 Å². The first kappa shape index (κ1) is 16.1. The summed E-state index contributed by atoms with van der Waals surface area (Å²) in [4.78, 5) is 2.42. The van der Waals surface area contributed by atoms with Crippen molar-refractivity contribution in [3.63, 3.8) is 0 Å². The van der Waals surface area contributed by atoms with E-state index in [1.54, 1.807) is 0 Å². The Hall–Kier alpha value is -2.43. The highest BCUT2D eigenvalue weighted by Crippen LogP contribution is 2.36. The predicted octanol–water partition coefficient (Wildman–Crippen LogP) is 4.07. The van der Waals surface area contributed by atoms with E-state index in [9.17, 15) is 0 Å². The summed E-state index contributed by atoms with van der Waals surface area (Å²) in [7, 11) is 0. The van der Waals surface area contributed by atoms with Crippen LogP contribution in [0.5, 0.6) is 0 Å². The Bertz CT molecular complexity index is 906. The van der Waals surface area contributed by atoms with Gasteiger partial charge in [-0.05, 0) is 43.0 Å². The first-order valence-corrected chi connectivity index (χ1v) is 9.00. The molecular formula is C20H25N5. The third-order valence-electron chi connectivity index (χ3n) is 5.01. The Labute approximate surface area is 148 Å². The lowest BCUT2D eigenvalue weighted by molar-refractivity contribution is 0.526. The highest BCUT2D eigenvalue weighted by atomic mass is 15.4. The zero-order chi connectivity index (χ0) is 17.6. The molecule has 0 bridgehead atoms. The van der Waals surface area contributed by atoms with Crippen LogP contribution in [0.3, 0.4) is 0 Å². The van der Waals surface area contributed by atoms with Gasteiger partial charge in [-0.15, -0.1) is 15.3 Å². The maximum atomic E-state index is 4.91. The van der Waals surface area contributed by atoms with Gasteiger partial charge < -0.3 is 4.90 Å². The minimum Gasteiger partial charge on any atom is -0.348 e. The van der Waals surface area contributed by atoms with Crippen molar-refractivity contribution in [2.24, 2.45) is 0 Å². The number of benzene rings is 1. The van der Waals surface area contributed by atoms with Gasteiger partial charge in [0.15, 0.2) is 11.5 Å². The molecule has 3 aromatic rings. The maximum absolute atomic E-state index is 4.91. The first-order chi connectivity index (χ1) is 11.9. The molecule has 1 aliphatic rings. The maximum Gasteiger partial charge on any atom is 0.178 e. The number of hydrogen-bond donors (Lipinski definition) is 0. The van der Waals surface area contributed by atoms with E-state index < -0.39 is 0 Å². The molecule has 0 radical (unpaired) electrons. The van der Waals surface area contributed by atoms with Crippen LogP contribution < -0.4 is 4.90 Å². The first-order valence-electron chi connectivity index (χ1n) is 9.00. The van der Waals surface area contributed by atoms with E-state index in [-0.39, 0.29) is 5.41 Å². The Morgan fingerprint density at radius 2 is 1.84 bits per heavy atom. The lowest BCUT2D eigenvalue weighted by atomic mass is 9.96. The van der Waals surface area contributed by atoms with Gasteiger partial charge in [-0.1, -0.05) is 45.0 Å². The van der Waals surface area contributed by atoms with E-state index in [1.807, 2.05) is 10.6 Å². The van der Waals surface area contributed by atoms with Gasteiger partial charge in [0.05, 0.1) is 6.04 Å². The van der Waals surface area contributed by atoms with Crippen molar-refractivity contribution >= 4 is 11.5 Å². The molecule has 0 N–H and O–H groups in total. The van der Waals surface area contributed by atoms with Crippen LogP contribution in [0.4, 0.5) is 5.82 Å². The van der Waals surface area contributed by atoms with Crippen molar-refractivity contribution in [3.8, 4) is 0 Å². The van der Waals surface area contributed by atoms with Gasteiger partial charge >= 0.3 is 0 Å². The molecule has 5 nitrogen and oxygen atoms in total. The van der Waals surface area contributed by atoms with Crippen LogP contribution in [-0.4, -0.2) is 26.4 Å². The standard InChI is InChI=1S/C20H25N5/c1-14-8-5-6-9-15(14)16-10-7-13-24(16)18-12-11-17-21-22-19(20(2,3)4)25(17)23-18/h5-6,8-9,11-12,16H,7,10,13H2,1-4H3. The molecule has 1 atom stereocenters. The zero-order valence-electron chi connectivity index (χ0n) is 15.4. The fourth-order valence-electron chi connectivity index (χ4n) is 3.73. The van der Waals surface area contributed by atoms with Gasteiger partial charge in [0, 0.05) is 12.0 Å². The Morgan fingerprint density at radius 3 is 2.60 bits per heavy atom. The lowest BCUT2D eigenvalue weighted by Crippen LogP contribution is -2.25. The highest BCUT2D eigenvalue weighted by Gasteiger charge is 2.29. The van der Waals surface area contributed by atoms with Gasteiger partial charge in [0.1, 0.15) is 5.82 Å². The van der Waals surface area contributed by atoms with Crippen LogP contribution in [0.1, 0.15) is 56.6 Å². The Balaban J connectivity index is 1.77. The van der Waals surface area contributed by atoms with E-state index in [2.05, 4.69) is 73.1 Å². The number of anilines is 1. The SMILES string of the molecule is Cc1ccccc1C1CCCN1c1ccc2nnc(C(C)(C)C)n2n1. The number of aromatic nitrogens is 4. The number of nitrogens with zero attached hydrogens (tertiary/aromatic N) is 5. The van der Waals surface area contributed by atoms with E-state index >= 15 is 0 Å². The number of fused-ring (bicyclic) bond motifs is 1. The Kier molecular flexibility index (Phi) is 3.74. The molecule has 0 saturated carbocycles. The number of hydrogen-bond acceptors (Lipinski definition) is 4. The summed E-state index contributed by atoms with van der Waals surface area (Å²) in [6.07, 6.45) is 2.35. The van der Waals surface area contributed by atoms with Crippen LogP contribution in [0, 0.1) is 6.92 Å². The van der Waals surface area contributed by atoms with E-state index in [0.29, 0.717) is 6.04 Å². The van der Waals surface area contributed by atoms with Gasteiger partial charge in [-0.3, -0.25) is 0 Å². The summed E-state index contributed by atoms with van der Waals surface area (Å²) in [5.74, 6) is 1.90. The van der Waals surface area contributed by atoms with Crippen molar-refractivity contribution in [2.45, 2.75) is 52.0 Å². The molecule has 1 fully saturated rings. The summed E-state index contributed by atoms with van der Waals surface area (Å²) in [5.41, 5.74) is 3.47. The van der Waals surface area contributed by atoms with E-state index in [0.717, 1.165) is 23.8 Å². The largest absolute Gasteiger partial charge is 0.348 e. The van der Waals surface area contributed by atoms with Crippen LogP contribution >= 0.6 is 0 Å². The van der Waals surface area contributed by atoms with Crippen molar-refractivity contribution in [1.82, 2.24) is 19.8 Å². The fourth-order valence-corrected chi connectivity index (χ4v) is 3.73. The second-order valence-electron chi connectivity index (χ2n) is 7.94. The van der Waals surface area contributed by atoms with E-state index in [4.69, 9.17) is 5.10 Å². The summed E-state index contributed by atoms with van der Waals surface area (Å²) < 4.78 is 1.91. The average molecular weight is 335 g/mol. The van der Waals surface area contributed by atoms with Crippen molar-refractivity contribution in [1.29, 1.82) is 0 Å². The summed E-state index contributed by atoms with van der Waals surface area (Å²) in [6, 6.07) is 13.2. The van der Waals surface area contributed by atoms with E-state index in [1.165, 1.54) is 24.0 Å². The molecule has 1 unspecified atom stereocenters. The highest BCUT2D eigenvalue weighted by molar-refractivity contribution is 5.49. The molecule has 2 aromatic heterocycles. The average Bonchev–Trinajstić information content (AvgIpc) is 3.21. The van der Waals surface area contributed by atoms with Crippen LogP contribution in [0.15, 0.2) is 36.4 Å². The van der Waals surface area contributed by atoms with Gasteiger partial charge in [-0.2, -0.15) is 4.52 Å². The summed E-state index contributed by atoms with van der Waals surface area (Å²) in [6.45, 7) is 9.65. The van der Waals surface area contributed by atoms with Gasteiger partial charge in [0.25, 0.3) is 0 Å². The smallest absolute Gasteiger partial charge is 0.178 e. The normalized spacial score (nSPS) is 18.2.